The van der Waals surface area contributed by atoms with Crippen LogP contribution >= 0.6 is 0 Å². The van der Waals surface area contributed by atoms with E-state index < -0.39 is 67.4 Å². The van der Waals surface area contributed by atoms with E-state index in [2.05, 4.69) is 9.47 Å². The Bertz CT molecular complexity index is 475. The van der Waals surface area contributed by atoms with Crippen molar-refractivity contribution in [3.05, 3.63) is 11.8 Å². The quantitative estimate of drug-likeness (QED) is 0.481. The average Bonchev–Trinajstić information content (AvgIpc) is 2.31. The first kappa shape index (κ1) is 21.8. The van der Waals surface area contributed by atoms with Gasteiger partial charge < -0.3 is 9.47 Å². The van der Waals surface area contributed by atoms with Gasteiger partial charge in [-0.3, -0.25) is 0 Å². The molecule has 0 bridgehead atoms. The minimum Gasteiger partial charge on any atom is -0.490 e. The van der Waals surface area contributed by atoms with Crippen LogP contribution in [0, 0.1) is 5.41 Å². The van der Waals surface area contributed by atoms with E-state index >= 15 is 0 Å². The van der Waals surface area contributed by atoms with Crippen LogP contribution in [0.1, 0.15) is 13.3 Å². The summed E-state index contributed by atoms with van der Waals surface area (Å²) in [4.78, 5) is 0. The number of hydrogen-bond acceptors (Lipinski definition) is 2. The van der Waals surface area contributed by atoms with Gasteiger partial charge in [-0.25, -0.2) is 0 Å². The van der Waals surface area contributed by atoms with Gasteiger partial charge in [-0.05, 0) is 6.42 Å². The second-order valence-corrected chi connectivity index (χ2v) is 5.37. The highest BCUT2D eigenvalue weighted by Crippen LogP contribution is 2.50. The lowest BCUT2D eigenvalue weighted by Gasteiger charge is -2.48. The molecule has 1 fully saturated rings. The number of rotatable bonds is 5. The third kappa shape index (κ3) is 4.29. The van der Waals surface area contributed by atoms with Crippen molar-refractivity contribution in [2.75, 3.05) is 13.2 Å². The lowest BCUT2D eigenvalue weighted by Crippen LogP contribution is -2.62. The van der Waals surface area contributed by atoms with E-state index in [1.807, 2.05) is 0 Å². The second-order valence-electron chi connectivity index (χ2n) is 5.37. The van der Waals surface area contributed by atoms with Gasteiger partial charge in [0, 0.05) is 0 Å². The summed E-state index contributed by atoms with van der Waals surface area (Å²) in [6.45, 7) is -0.342. The van der Waals surface area contributed by atoms with E-state index in [1.54, 1.807) is 0 Å². The lowest BCUT2D eigenvalue weighted by atomic mass is 9.74. The maximum absolute atomic E-state index is 13.6. The highest BCUT2D eigenvalue weighted by Gasteiger charge is 2.70. The van der Waals surface area contributed by atoms with Crippen LogP contribution in [0.15, 0.2) is 11.8 Å². The van der Waals surface area contributed by atoms with Gasteiger partial charge >= 0.3 is 24.5 Å². The molecule has 0 spiro atoms. The molecule has 1 aliphatic heterocycles. The molecule has 0 aliphatic carbocycles. The summed E-state index contributed by atoms with van der Waals surface area (Å²) < 4.78 is 148. The maximum Gasteiger partial charge on any atom is 0.457 e. The van der Waals surface area contributed by atoms with Crippen LogP contribution in [0.3, 0.4) is 0 Å². The highest BCUT2D eigenvalue weighted by molar-refractivity contribution is 5.13. The largest absolute Gasteiger partial charge is 0.490 e. The molecule has 0 aromatic rings. The molecule has 1 unspecified atom stereocenters. The summed E-state index contributed by atoms with van der Waals surface area (Å²) in [7, 11) is 0. The predicted molar refractivity (Wildman–Crippen MR) is 59.6 cm³/mol. The Balaban J connectivity index is 3.33. The van der Waals surface area contributed by atoms with Crippen molar-refractivity contribution in [3.8, 4) is 0 Å². The fourth-order valence-corrected chi connectivity index (χ4v) is 2.10. The summed E-state index contributed by atoms with van der Waals surface area (Å²) in [6, 6.07) is 0. The Morgan fingerprint density at radius 1 is 0.960 bits per heavy atom. The van der Waals surface area contributed by atoms with Crippen LogP contribution in [-0.2, 0) is 9.47 Å². The van der Waals surface area contributed by atoms with Crippen molar-refractivity contribution >= 4 is 0 Å². The first-order chi connectivity index (χ1) is 11.0. The number of ether oxygens (including phenoxy) is 2. The first-order valence-electron chi connectivity index (χ1n) is 6.51. The van der Waals surface area contributed by atoms with Crippen LogP contribution < -0.4 is 0 Å². The zero-order valence-electron chi connectivity index (χ0n) is 12.3. The molecule has 0 saturated carbocycles. The Morgan fingerprint density at radius 3 is 1.64 bits per heavy atom. The van der Waals surface area contributed by atoms with Crippen molar-refractivity contribution in [1.29, 1.82) is 0 Å². The van der Waals surface area contributed by atoms with Crippen molar-refractivity contribution in [2.45, 2.75) is 43.9 Å². The van der Waals surface area contributed by atoms with Crippen LogP contribution in [0.4, 0.5) is 48.3 Å². The molecule has 1 saturated heterocycles. The minimum atomic E-state index is -6.25. The van der Waals surface area contributed by atoms with Crippen LogP contribution in [0.25, 0.3) is 0 Å². The van der Waals surface area contributed by atoms with Crippen molar-refractivity contribution in [3.63, 3.8) is 0 Å². The van der Waals surface area contributed by atoms with Crippen LogP contribution in [-0.4, -0.2) is 43.8 Å². The van der Waals surface area contributed by atoms with Gasteiger partial charge in [-0.15, -0.1) is 0 Å². The predicted octanol–water partition coefficient (Wildman–Crippen LogP) is 5.00. The van der Waals surface area contributed by atoms with Gasteiger partial charge in [-0.2, -0.15) is 48.3 Å². The van der Waals surface area contributed by atoms with Crippen molar-refractivity contribution in [2.24, 2.45) is 5.41 Å². The van der Waals surface area contributed by atoms with E-state index in [9.17, 15) is 48.3 Å². The molecular weight excluding hydrogens is 385 g/mol. The van der Waals surface area contributed by atoms with E-state index in [-0.39, 0.29) is 0 Å². The van der Waals surface area contributed by atoms with Crippen molar-refractivity contribution < 1.29 is 57.8 Å². The second kappa shape index (κ2) is 6.47. The average molecular weight is 396 g/mol. The molecule has 1 atom stereocenters. The first-order valence-corrected chi connectivity index (χ1v) is 6.51. The third-order valence-corrected chi connectivity index (χ3v) is 3.68. The molecule has 13 heteroatoms. The summed E-state index contributed by atoms with van der Waals surface area (Å²) >= 11 is 0. The fraction of sp³-hybridized carbons (Fsp3) is 0.833. The Labute approximate surface area is 133 Å². The Morgan fingerprint density at radius 2 is 1.40 bits per heavy atom. The molecule has 0 aromatic carbocycles. The molecule has 1 rings (SSSR count). The zero-order valence-corrected chi connectivity index (χ0v) is 12.3. The summed E-state index contributed by atoms with van der Waals surface area (Å²) in [5.41, 5.74) is -5.42. The van der Waals surface area contributed by atoms with Gasteiger partial charge in [-0.1, -0.05) is 6.92 Å². The van der Waals surface area contributed by atoms with Gasteiger partial charge in [0.25, 0.3) is 0 Å². The van der Waals surface area contributed by atoms with Crippen LogP contribution in [0.2, 0.25) is 0 Å². The van der Waals surface area contributed by atoms with E-state index in [0.29, 0.717) is 0 Å². The highest BCUT2D eigenvalue weighted by atomic mass is 19.4. The van der Waals surface area contributed by atoms with E-state index in [1.165, 1.54) is 0 Å². The number of allylic oxidation sites excluding steroid dienone is 1. The van der Waals surface area contributed by atoms with Crippen molar-refractivity contribution in [1.82, 2.24) is 0 Å². The molecule has 148 valence electrons. The third-order valence-electron chi connectivity index (χ3n) is 3.68. The summed E-state index contributed by atoms with van der Waals surface area (Å²) in [5, 5.41) is 0. The molecular formula is C12H11F11O2. The molecule has 0 aromatic heterocycles. The van der Waals surface area contributed by atoms with E-state index in [0.717, 1.165) is 6.92 Å². The summed E-state index contributed by atoms with van der Waals surface area (Å²) in [5.74, 6) is -5.70. The monoisotopic (exact) mass is 396 g/mol. The van der Waals surface area contributed by atoms with Gasteiger partial charge in [0.15, 0.2) is 11.7 Å². The fourth-order valence-electron chi connectivity index (χ4n) is 2.10. The molecule has 25 heavy (non-hydrogen) atoms. The smallest absolute Gasteiger partial charge is 0.457 e. The minimum absolute atomic E-state index is 0.454. The number of alkyl halides is 11. The molecule has 1 aliphatic rings. The zero-order chi connectivity index (χ0) is 19.9. The standard InChI is InChI=1S/C12H11F11O2/c1-2-8(4-24-5-8)7(9(13,14)12(21,22)23)25-3-6(10(15,16)17)11(18,19)20/h3,7H,2,4-5H2,1H3. The lowest BCUT2D eigenvalue weighted by molar-refractivity contribution is -0.346. The van der Waals surface area contributed by atoms with Gasteiger partial charge in [0.1, 0.15) is 6.26 Å². The normalized spacial score (nSPS) is 19.8. The Hall–Kier alpha value is -1.27. The van der Waals surface area contributed by atoms with Gasteiger partial charge in [0.2, 0.25) is 0 Å². The summed E-state index contributed by atoms with van der Waals surface area (Å²) in [6.07, 6.45) is -23.3. The van der Waals surface area contributed by atoms with Gasteiger partial charge in [0.05, 0.1) is 18.6 Å². The SMILES string of the molecule is CCC1(C(OC=C(C(F)(F)F)C(F)(F)F)C(F)(F)C(F)(F)F)COC1. The molecule has 0 amide bonds. The maximum atomic E-state index is 13.6. The molecule has 0 radical (unpaired) electrons. The molecule has 1 heterocycles. The molecule has 0 N–H and O–H groups in total. The topological polar surface area (TPSA) is 18.5 Å². The van der Waals surface area contributed by atoms with Crippen LogP contribution in [0.5, 0.6) is 0 Å². The van der Waals surface area contributed by atoms with E-state index in [4.69, 9.17) is 0 Å². The number of halogens is 11. The molecule has 2 nitrogen and oxygen atoms in total. The Kier molecular flexibility index (Phi) is 5.63. The number of hydrogen-bond donors (Lipinski definition) is 0.